The molecule has 3 rings (SSSR count). The summed E-state index contributed by atoms with van der Waals surface area (Å²) in [6.07, 6.45) is 1.92. The number of oxazole rings is 1. The molecule has 1 aromatic heterocycles. The highest BCUT2D eigenvalue weighted by Gasteiger charge is 2.28. The summed E-state index contributed by atoms with van der Waals surface area (Å²) in [5.41, 5.74) is 0.916. The average Bonchev–Trinajstić information content (AvgIpc) is 3.14. The van der Waals surface area contributed by atoms with Gasteiger partial charge in [0.05, 0.1) is 17.8 Å². The van der Waals surface area contributed by atoms with Gasteiger partial charge in [0.2, 0.25) is 5.91 Å². The Morgan fingerprint density at radius 1 is 1.10 bits per heavy atom. The minimum Gasteiger partial charge on any atom is -0.441 e. The van der Waals surface area contributed by atoms with Crippen molar-refractivity contribution in [2.75, 3.05) is 0 Å². The highest BCUT2D eigenvalue weighted by molar-refractivity contribution is 5.76. The zero-order valence-electron chi connectivity index (χ0n) is 16.7. The van der Waals surface area contributed by atoms with E-state index in [4.69, 9.17) is 4.42 Å². The van der Waals surface area contributed by atoms with Crippen molar-refractivity contribution in [2.24, 2.45) is 5.41 Å². The van der Waals surface area contributed by atoms with Crippen LogP contribution < -0.4 is 5.32 Å². The van der Waals surface area contributed by atoms with Gasteiger partial charge in [0.1, 0.15) is 11.6 Å². The molecule has 0 spiro atoms. The largest absolute Gasteiger partial charge is 0.441 e. The van der Waals surface area contributed by atoms with Crippen molar-refractivity contribution in [3.63, 3.8) is 0 Å². The molecule has 1 amide bonds. The van der Waals surface area contributed by atoms with E-state index < -0.39 is 0 Å². The Hall–Kier alpha value is -3.02. The van der Waals surface area contributed by atoms with Crippen molar-refractivity contribution < 1.29 is 18.0 Å². The van der Waals surface area contributed by atoms with Crippen LogP contribution in [0, 0.1) is 17.0 Å². The van der Waals surface area contributed by atoms with E-state index in [0.29, 0.717) is 23.6 Å². The first-order valence-electron chi connectivity index (χ1n) is 9.48. The van der Waals surface area contributed by atoms with Crippen LogP contribution in [0.5, 0.6) is 0 Å². The number of aryl methyl sites for hydroxylation is 1. The van der Waals surface area contributed by atoms with E-state index in [9.17, 15) is 13.6 Å². The second-order valence-corrected chi connectivity index (χ2v) is 8.02. The molecule has 0 saturated carbocycles. The Morgan fingerprint density at radius 2 is 1.79 bits per heavy atom. The van der Waals surface area contributed by atoms with Crippen molar-refractivity contribution in [3.05, 3.63) is 77.8 Å². The van der Waals surface area contributed by atoms with Crippen molar-refractivity contribution in [1.82, 2.24) is 10.3 Å². The SMILES string of the molecule is CC(C)(C)C(NC(=O)CCc1ncc(-c2ccccc2F)o1)c1ccc(F)cc1. The first kappa shape index (κ1) is 20.7. The van der Waals surface area contributed by atoms with E-state index in [2.05, 4.69) is 10.3 Å². The summed E-state index contributed by atoms with van der Waals surface area (Å²) in [6, 6.07) is 12.2. The number of nitrogens with zero attached hydrogens (tertiary/aromatic N) is 1. The quantitative estimate of drug-likeness (QED) is 0.600. The van der Waals surface area contributed by atoms with E-state index >= 15 is 0 Å². The Balaban J connectivity index is 1.64. The summed E-state index contributed by atoms with van der Waals surface area (Å²) < 4.78 is 32.7. The molecule has 0 radical (unpaired) electrons. The molecule has 1 atom stereocenters. The molecule has 6 heteroatoms. The molecule has 3 aromatic rings. The fourth-order valence-corrected chi connectivity index (χ4v) is 3.12. The van der Waals surface area contributed by atoms with Crippen molar-refractivity contribution in [3.8, 4) is 11.3 Å². The van der Waals surface area contributed by atoms with Crippen LogP contribution in [0.15, 0.2) is 59.1 Å². The van der Waals surface area contributed by atoms with Gasteiger partial charge in [-0.25, -0.2) is 13.8 Å². The van der Waals surface area contributed by atoms with Gasteiger partial charge in [-0.3, -0.25) is 4.79 Å². The number of halogens is 2. The van der Waals surface area contributed by atoms with Crippen molar-refractivity contribution in [2.45, 2.75) is 39.7 Å². The summed E-state index contributed by atoms with van der Waals surface area (Å²) in [7, 11) is 0. The topological polar surface area (TPSA) is 55.1 Å². The highest BCUT2D eigenvalue weighted by Crippen LogP contribution is 2.33. The summed E-state index contributed by atoms with van der Waals surface area (Å²) in [4.78, 5) is 16.7. The smallest absolute Gasteiger partial charge is 0.221 e. The molecule has 1 unspecified atom stereocenters. The maximum Gasteiger partial charge on any atom is 0.221 e. The van der Waals surface area contributed by atoms with Crippen molar-refractivity contribution in [1.29, 1.82) is 0 Å². The zero-order valence-corrected chi connectivity index (χ0v) is 16.7. The molecule has 0 bridgehead atoms. The Bertz CT molecular complexity index is 975. The Kier molecular flexibility index (Phi) is 6.11. The van der Waals surface area contributed by atoms with Gasteiger partial charge in [-0.05, 0) is 35.2 Å². The van der Waals surface area contributed by atoms with E-state index in [-0.39, 0.29) is 35.4 Å². The summed E-state index contributed by atoms with van der Waals surface area (Å²) in [5, 5.41) is 3.02. The van der Waals surface area contributed by atoms with Gasteiger partial charge in [0, 0.05) is 12.8 Å². The molecular formula is C23H24F2N2O2. The van der Waals surface area contributed by atoms with Crippen LogP contribution in [-0.4, -0.2) is 10.9 Å². The molecule has 0 aliphatic heterocycles. The minimum atomic E-state index is -0.389. The van der Waals surface area contributed by atoms with Crippen LogP contribution in [0.4, 0.5) is 8.78 Å². The molecule has 0 aliphatic carbocycles. The van der Waals surface area contributed by atoms with E-state index in [1.807, 2.05) is 20.8 Å². The van der Waals surface area contributed by atoms with Gasteiger partial charge in [-0.2, -0.15) is 0 Å². The number of aromatic nitrogens is 1. The van der Waals surface area contributed by atoms with Crippen molar-refractivity contribution >= 4 is 5.91 Å². The van der Waals surface area contributed by atoms with Crippen LogP contribution in [0.3, 0.4) is 0 Å². The summed E-state index contributed by atoms with van der Waals surface area (Å²) >= 11 is 0. The average molecular weight is 398 g/mol. The molecule has 29 heavy (non-hydrogen) atoms. The van der Waals surface area contributed by atoms with Gasteiger partial charge < -0.3 is 9.73 Å². The molecule has 0 saturated heterocycles. The highest BCUT2D eigenvalue weighted by atomic mass is 19.1. The second kappa shape index (κ2) is 8.55. The van der Waals surface area contributed by atoms with E-state index in [1.165, 1.54) is 24.4 Å². The van der Waals surface area contributed by atoms with E-state index in [1.54, 1.807) is 30.3 Å². The molecule has 1 N–H and O–H groups in total. The molecular weight excluding hydrogens is 374 g/mol. The predicted molar refractivity (Wildman–Crippen MR) is 107 cm³/mol. The second-order valence-electron chi connectivity index (χ2n) is 8.02. The number of carbonyl (C=O) groups is 1. The standard InChI is InChI=1S/C23H24F2N2O2/c1-23(2,3)22(15-8-10-16(24)11-9-15)27-20(28)12-13-21-26-14-19(29-21)17-6-4-5-7-18(17)25/h4-11,14,22H,12-13H2,1-3H3,(H,27,28). The number of hydrogen-bond donors (Lipinski definition) is 1. The molecule has 152 valence electrons. The number of carbonyl (C=O) groups excluding carboxylic acids is 1. The zero-order chi connectivity index (χ0) is 21.0. The lowest BCUT2D eigenvalue weighted by Crippen LogP contribution is -2.36. The minimum absolute atomic E-state index is 0.167. The van der Waals surface area contributed by atoms with Crippen LogP contribution in [0.25, 0.3) is 11.3 Å². The number of nitrogens with one attached hydrogen (secondary N) is 1. The number of amides is 1. The van der Waals surface area contributed by atoms with Crippen LogP contribution in [-0.2, 0) is 11.2 Å². The lowest BCUT2D eigenvalue weighted by molar-refractivity contribution is -0.122. The fraction of sp³-hybridized carbons (Fsp3) is 0.304. The third kappa shape index (κ3) is 5.28. The first-order valence-corrected chi connectivity index (χ1v) is 9.48. The van der Waals surface area contributed by atoms with Gasteiger partial charge in [0.25, 0.3) is 0 Å². The van der Waals surface area contributed by atoms with Crippen LogP contribution in [0.1, 0.15) is 44.7 Å². The third-order valence-electron chi connectivity index (χ3n) is 4.63. The van der Waals surface area contributed by atoms with Crippen LogP contribution in [0.2, 0.25) is 0 Å². The lowest BCUT2D eigenvalue weighted by Gasteiger charge is -2.32. The molecule has 4 nitrogen and oxygen atoms in total. The van der Waals surface area contributed by atoms with Gasteiger partial charge in [-0.15, -0.1) is 0 Å². The summed E-state index contributed by atoms with van der Waals surface area (Å²) in [5.74, 6) is -0.174. The van der Waals surface area contributed by atoms with Gasteiger partial charge in [-0.1, -0.05) is 45.0 Å². The molecule has 2 aromatic carbocycles. The Morgan fingerprint density at radius 3 is 2.45 bits per heavy atom. The Labute approximate surface area is 169 Å². The van der Waals surface area contributed by atoms with E-state index in [0.717, 1.165) is 5.56 Å². The fourth-order valence-electron chi connectivity index (χ4n) is 3.12. The number of rotatable bonds is 6. The normalized spacial score (nSPS) is 12.6. The lowest BCUT2D eigenvalue weighted by atomic mass is 9.82. The first-order chi connectivity index (χ1) is 13.7. The summed E-state index contributed by atoms with van der Waals surface area (Å²) in [6.45, 7) is 6.03. The maximum absolute atomic E-state index is 13.9. The predicted octanol–water partition coefficient (Wildman–Crippen LogP) is 5.46. The number of benzene rings is 2. The maximum atomic E-state index is 13.9. The molecule has 1 heterocycles. The van der Waals surface area contributed by atoms with Gasteiger partial charge in [0.15, 0.2) is 11.7 Å². The number of hydrogen-bond acceptors (Lipinski definition) is 3. The molecule has 0 aliphatic rings. The van der Waals surface area contributed by atoms with Gasteiger partial charge >= 0.3 is 0 Å². The molecule has 0 fully saturated rings. The monoisotopic (exact) mass is 398 g/mol. The van der Waals surface area contributed by atoms with Crippen LogP contribution >= 0.6 is 0 Å². The third-order valence-corrected chi connectivity index (χ3v) is 4.63.